The number of anilines is 2. The van der Waals surface area contributed by atoms with Crippen molar-refractivity contribution in [2.75, 3.05) is 23.8 Å². The fraction of sp³-hybridized carbons (Fsp3) is 0.136. The Labute approximate surface area is 196 Å². The molecule has 3 aromatic rings. The van der Waals surface area contributed by atoms with E-state index in [9.17, 15) is 13.2 Å². The Morgan fingerprint density at radius 2 is 1.69 bits per heavy atom. The number of ether oxygens (including phenoxy) is 2. The molecule has 10 heteroatoms. The van der Waals surface area contributed by atoms with Gasteiger partial charge in [-0.25, -0.2) is 8.42 Å². The molecule has 0 saturated heterocycles. The van der Waals surface area contributed by atoms with E-state index in [0.29, 0.717) is 22.2 Å². The Kier molecular flexibility index (Phi) is 7.50. The van der Waals surface area contributed by atoms with Crippen molar-refractivity contribution in [2.45, 2.75) is 11.8 Å². The first kappa shape index (κ1) is 23.7. The summed E-state index contributed by atoms with van der Waals surface area (Å²) < 4.78 is 38.2. The van der Waals surface area contributed by atoms with Gasteiger partial charge in [0.15, 0.2) is 6.61 Å². The third kappa shape index (κ3) is 6.06. The molecule has 0 aliphatic carbocycles. The highest BCUT2D eigenvalue weighted by Gasteiger charge is 2.15. The van der Waals surface area contributed by atoms with E-state index in [1.54, 1.807) is 12.1 Å². The van der Waals surface area contributed by atoms with Crippen LogP contribution < -0.4 is 19.5 Å². The van der Waals surface area contributed by atoms with E-state index in [1.165, 1.54) is 49.6 Å². The summed E-state index contributed by atoms with van der Waals surface area (Å²) in [6, 6.07) is 15.5. The molecule has 3 aromatic carbocycles. The number of aryl methyl sites for hydroxylation is 1. The van der Waals surface area contributed by atoms with Crippen LogP contribution in [0.4, 0.5) is 11.4 Å². The molecule has 0 aliphatic heterocycles. The SMILES string of the molecule is COc1ccc(C)cc1NC(=O)COc1ccc(S(=O)(=O)Nc2ccc(Cl)c(Cl)c2)cc1. The maximum Gasteiger partial charge on any atom is 0.262 e. The minimum atomic E-state index is -3.84. The molecular formula is C22H20Cl2N2O5S. The van der Waals surface area contributed by atoms with Crippen molar-refractivity contribution in [3.8, 4) is 11.5 Å². The fourth-order valence-electron chi connectivity index (χ4n) is 2.74. The summed E-state index contributed by atoms with van der Waals surface area (Å²) in [6.07, 6.45) is 0. The van der Waals surface area contributed by atoms with Gasteiger partial charge in [0, 0.05) is 0 Å². The molecule has 0 aliphatic rings. The summed E-state index contributed by atoms with van der Waals surface area (Å²) >= 11 is 11.8. The van der Waals surface area contributed by atoms with Crippen LogP contribution in [0, 0.1) is 6.92 Å². The average molecular weight is 495 g/mol. The van der Waals surface area contributed by atoms with Gasteiger partial charge < -0.3 is 14.8 Å². The lowest BCUT2D eigenvalue weighted by Crippen LogP contribution is -2.20. The third-order valence-electron chi connectivity index (χ3n) is 4.30. The predicted octanol–water partition coefficient (Wildman–Crippen LogP) is 5.13. The fourth-order valence-corrected chi connectivity index (χ4v) is 4.09. The minimum absolute atomic E-state index is 0.0184. The highest BCUT2D eigenvalue weighted by Crippen LogP contribution is 2.27. The van der Waals surface area contributed by atoms with Gasteiger partial charge in [-0.15, -0.1) is 0 Å². The summed E-state index contributed by atoms with van der Waals surface area (Å²) in [5, 5.41) is 3.28. The molecule has 3 rings (SSSR count). The van der Waals surface area contributed by atoms with Crippen molar-refractivity contribution in [2.24, 2.45) is 0 Å². The molecule has 32 heavy (non-hydrogen) atoms. The Balaban J connectivity index is 1.61. The van der Waals surface area contributed by atoms with Gasteiger partial charge >= 0.3 is 0 Å². The Morgan fingerprint density at radius 3 is 2.34 bits per heavy atom. The number of hydrogen-bond acceptors (Lipinski definition) is 5. The molecule has 0 bridgehead atoms. The first-order valence-electron chi connectivity index (χ1n) is 9.33. The second-order valence-corrected chi connectivity index (χ2v) is 9.24. The number of hydrogen-bond donors (Lipinski definition) is 2. The van der Waals surface area contributed by atoms with Crippen molar-refractivity contribution in [1.29, 1.82) is 0 Å². The van der Waals surface area contributed by atoms with Crippen LogP contribution in [0.5, 0.6) is 11.5 Å². The number of carbonyl (C=O) groups is 1. The van der Waals surface area contributed by atoms with Gasteiger partial charge in [0.1, 0.15) is 11.5 Å². The van der Waals surface area contributed by atoms with E-state index in [-0.39, 0.29) is 28.1 Å². The predicted molar refractivity (Wildman–Crippen MR) is 126 cm³/mol. The smallest absolute Gasteiger partial charge is 0.262 e. The van der Waals surface area contributed by atoms with Crippen LogP contribution in [-0.2, 0) is 14.8 Å². The summed E-state index contributed by atoms with van der Waals surface area (Å²) in [4.78, 5) is 12.2. The summed E-state index contributed by atoms with van der Waals surface area (Å²) in [6.45, 7) is 1.64. The summed E-state index contributed by atoms with van der Waals surface area (Å²) in [7, 11) is -2.33. The zero-order chi connectivity index (χ0) is 23.3. The number of rotatable bonds is 8. The largest absolute Gasteiger partial charge is 0.495 e. The van der Waals surface area contributed by atoms with E-state index in [0.717, 1.165) is 5.56 Å². The van der Waals surface area contributed by atoms with Gasteiger partial charge in [0.2, 0.25) is 0 Å². The van der Waals surface area contributed by atoms with Crippen molar-refractivity contribution in [3.63, 3.8) is 0 Å². The van der Waals surface area contributed by atoms with Crippen LogP contribution in [0.15, 0.2) is 65.6 Å². The van der Waals surface area contributed by atoms with E-state index < -0.39 is 10.0 Å². The summed E-state index contributed by atoms with van der Waals surface area (Å²) in [5.74, 6) is 0.490. The van der Waals surface area contributed by atoms with Gasteiger partial charge in [-0.2, -0.15) is 0 Å². The van der Waals surface area contributed by atoms with Gasteiger partial charge in [0.05, 0.1) is 33.4 Å². The zero-order valence-corrected chi connectivity index (χ0v) is 19.5. The molecule has 0 atom stereocenters. The van der Waals surface area contributed by atoms with Crippen LogP contribution in [-0.4, -0.2) is 28.0 Å². The first-order chi connectivity index (χ1) is 15.2. The number of halogens is 2. The van der Waals surface area contributed by atoms with E-state index in [2.05, 4.69) is 10.0 Å². The number of amides is 1. The molecule has 168 valence electrons. The topological polar surface area (TPSA) is 93.7 Å². The molecule has 0 spiro atoms. The average Bonchev–Trinajstić information content (AvgIpc) is 2.75. The lowest BCUT2D eigenvalue weighted by Gasteiger charge is -2.12. The molecule has 2 N–H and O–H groups in total. The van der Waals surface area contributed by atoms with Crippen molar-refractivity contribution < 1.29 is 22.7 Å². The molecular weight excluding hydrogens is 475 g/mol. The molecule has 0 heterocycles. The third-order valence-corrected chi connectivity index (χ3v) is 6.44. The standard InChI is InChI=1S/C22H20Cl2N2O5S/c1-14-3-10-21(30-2)20(11-14)25-22(27)13-31-16-5-7-17(8-6-16)32(28,29)26-15-4-9-18(23)19(24)12-15/h3-12,26H,13H2,1-2H3,(H,25,27). The minimum Gasteiger partial charge on any atom is -0.495 e. The van der Waals surface area contributed by atoms with Crippen molar-refractivity contribution in [1.82, 2.24) is 0 Å². The van der Waals surface area contributed by atoms with Gasteiger partial charge in [-0.3, -0.25) is 9.52 Å². The van der Waals surface area contributed by atoms with Crippen LogP contribution >= 0.6 is 23.2 Å². The van der Waals surface area contributed by atoms with Crippen LogP contribution in [0.25, 0.3) is 0 Å². The maximum atomic E-state index is 12.6. The number of sulfonamides is 1. The molecule has 0 radical (unpaired) electrons. The number of nitrogens with one attached hydrogen (secondary N) is 2. The van der Waals surface area contributed by atoms with Crippen LogP contribution in [0.2, 0.25) is 10.0 Å². The Morgan fingerprint density at radius 1 is 0.969 bits per heavy atom. The molecule has 0 saturated carbocycles. The highest BCUT2D eigenvalue weighted by atomic mass is 35.5. The Bertz CT molecular complexity index is 1230. The lowest BCUT2D eigenvalue weighted by atomic mass is 10.2. The highest BCUT2D eigenvalue weighted by molar-refractivity contribution is 7.92. The van der Waals surface area contributed by atoms with E-state index >= 15 is 0 Å². The van der Waals surface area contributed by atoms with Crippen LogP contribution in [0.1, 0.15) is 5.56 Å². The van der Waals surface area contributed by atoms with E-state index in [1.807, 2.05) is 13.0 Å². The molecule has 0 unspecified atom stereocenters. The van der Waals surface area contributed by atoms with Gasteiger partial charge in [-0.1, -0.05) is 29.3 Å². The van der Waals surface area contributed by atoms with E-state index in [4.69, 9.17) is 32.7 Å². The van der Waals surface area contributed by atoms with Crippen molar-refractivity contribution >= 4 is 50.5 Å². The molecule has 0 fully saturated rings. The Hall–Kier alpha value is -2.94. The van der Waals surface area contributed by atoms with Gasteiger partial charge in [0.25, 0.3) is 15.9 Å². The maximum absolute atomic E-state index is 12.6. The number of methoxy groups -OCH3 is 1. The zero-order valence-electron chi connectivity index (χ0n) is 17.2. The molecule has 7 nitrogen and oxygen atoms in total. The lowest BCUT2D eigenvalue weighted by molar-refractivity contribution is -0.118. The second kappa shape index (κ2) is 10.1. The first-order valence-corrected chi connectivity index (χ1v) is 11.6. The van der Waals surface area contributed by atoms with Gasteiger partial charge in [-0.05, 0) is 67.1 Å². The van der Waals surface area contributed by atoms with Crippen LogP contribution in [0.3, 0.4) is 0 Å². The second-order valence-electron chi connectivity index (χ2n) is 6.75. The monoisotopic (exact) mass is 494 g/mol. The number of carbonyl (C=O) groups excluding carboxylic acids is 1. The molecule has 1 amide bonds. The summed E-state index contributed by atoms with van der Waals surface area (Å²) in [5.41, 5.74) is 1.78. The molecule has 0 aromatic heterocycles. The normalized spacial score (nSPS) is 11.0. The van der Waals surface area contributed by atoms with Crippen molar-refractivity contribution in [3.05, 3.63) is 76.3 Å². The quantitative estimate of drug-likeness (QED) is 0.452. The number of benzene rings is 3.